The van der Waals surface area contributed by atoms with Gasteiger partial charge in [0.05, 0.1) is 6.54 Å². The van der Waals surface area contributed by atoms with E-state index >= 15 is 0 Å². The van der Waals surface area contributed by atoms with Gasteiger partial charge >= 0.3 is 0 Å². The van der Waals surface area contributed by atoms with Crippen molar-refractivity contribution in [3.8, 4) is 12.3 Å². The van der Waals surface area contributed by atoms with Gasteiger partial charge in [-0.3, -0.25) is 0 Å². The molecule has 0 aliphatic heterocycles. The van der Waals surface area contributed by atoms with Gasteiger partial charge in [0.15, 0.2) is 0 Å². The molecule has 116 valence electrons. The van der Waals surface area contributed by atoms with E-state index in [9.17, 15) is 12.8 Å². The lowest BCUT2D eigenvalue weighted by molar-refractivity contribution is 0.489. The van der Waals surface area contributed by atoms with Crippen LogP contribution in [-0.4, -0.2) is 32.9 Å². The molecule has 1 aromatic carbocycles. The highest BCUT2D eigenvalue weighted by Crippen LogP contribution is 2.26. The minimum Gasteiger partial charge on any atom is -0.313 e. The van der Waals surface area contributed by atoms with E-state index in [2.05, 4.69) is 27.2 Å². The summed E-state index contributed by atoms with van der Waals surface area (Å²) in [6, 6.07) is 2.82. The average Bonchev–Trinajstić information content (AvgIpc) is 2.42. The molecule has 0 saturated carbocycles. The predicted octanol–water partition coefficient (Wildman–Crippen LogP) is 2.34. The molecule has 0 radical (unpaired) electrons. The molecule has 0 aliphatic rings. The van der Waals surface area contributed by atoms with E-state index in [1.807, 2.05) is 6.92 Å². The third-order valence-corrected chi connectivity index (χ3v) is 5.08. The maximum atomic E-state index is 14.5. The molecule has 0 saturated heterocycles. The summed E-state index contributed by atoms with van der Waals surface area (Å²) in [5, 5.41) is 3.05. The fourth-order valence-electron chi connectivity index (χ4n) is 1.72. The fourth-order valence-corrected chi connectivity index (χ4v) is 3.59. The Kier molecular flexibility index (Phi) is 6.81. The highest BCUT2D eigenvalue weighted by molar-refractivity contribution is 9.10. The number of hydrogen-bond acceptors (Lipinski definition) is 3. The first-order valence-corrected chi connectivity index (χ1v) is 8.66. The zero-order chi connectivity index (χ0) is 16.0. The summed E-state index contributed by atoms with van der Waals surface area (Å²) in [5.41, 5.74) is 0.297. The maximum absolute atomic E-state index is 14.5. The standard InChI is InChI=1S/C14H18BrFN2O2S/c1-4-6-17-10-11-8-12(15)9-13(14(11)16)21(19,20)18(3)7-5-2/h2,8-9,17H,4,6-7,10H2,1,3H3. The Labute approximate surface area is 133 Å². The Bertz CT molecular complexity index is 641. The zero-order valence-electron chi connectivity index (χ0n) is 12.0. The first-order chi connectivity index (χ1) is 9.84. The molecule has 0 fully saturated rings. The molecule has 0 spiro atoms. The van der Waals surface area contributed by atoms with Crippen molar-refractivity contribution in [1.82, 2.24) is 9.62 Å². The van der Waals surface area contributed by atoms with Crippen LogP contribution in [0.2, 0.25) is 0 Å². The van der Waals surface area contributed by atoms with Gasteiger partial charge in [-0.1, -0.05) is 28.8 Å². The second kappa shape index (κ2) is 7.90. The minimum absolute atomic E-state index is 0.113. The third-order valence-electron chi connectivity index (χ3n) is 2.82. The number of hydrogen-bond donors (Lipinski definition) is 1. The smallest absolute Gasteiger partial charge is 0.246 e. The average molecular weight is 377 g/mol. The van der Waals surface area contributed by atoms with Crippen molar-refractivity contribution in [2.45, 2.75) is 24.8 Å². The molecule has 0 aliphatic carbocycles. The first kappa shape index (κ1) is 18.1. The van der Waals surface area contributed by atoms with E-state index in [1.165, 1.54) is 13.1 Å². The maximum Gasteiger partial charge on any atom is 0.246 e. The van der Waals surface area contributed by atoms with Crippen molar-refractivity contribution in [2.75, 3.05) is 20.1 Å². The minimum atomic E-state index is -3.95. The molecule has 1 aromatic rings. The lowest BCUT2D eigenvalue weighted by Crippen LogP contribution is -2.28. The molecule has 21 heavy (non-hydrogen) atoms. The molecule has 0 bridgehead atoms. The van der Waals surface area contributed by atoms with Gasteiger partial charge in [-0.25, -0.2) is 12.8 Å². The van der Waals surface area contributed by atoms with E-state index in [4.69, 9.17) is 6.42 Å². The fraction of sp³-hybridized carbons (Fsp3) is 0.429. The molecule has 0 atom stereocenters. The van der Waals surface area contributed by atoms with Gasteiger partial charge in [-0.05, 0) is 25.1 Å². The Morgan fingerprint density at radius 2 is 2.14 bits per heavy atom. The topological polar surface area (TPSA) is 49.4 Å². The van der Waals surface area contributed by atoms with Gasteiger partial charge in [0.1, 0.15) is 10.7 Å². The van der Waals surface area contributed by atoms with E-state index in [1.54, 1.807) is 6.07 Å². The molecule has 0 heterocycles. The first-order valence-electron chi connectivity index (χ1n) is 6.43. The van der Waals surface area contributed by atoms with Gasteiger partial charge in [0.2, 0.25) is 10.0 Å². The van der Waals surface area contributed by atoms with E-state index in [-0.39, 0.29) is 18.0 Å². The van der Waals surface area contributed by atoms with Crippen molar-refractivity contribution in [2.24, 2.45) is 0 Å². The summed E-state index contributed by atoms with van der Waals surface area (Å²) < 4.78 is 40.6. The van der Waals surface area contributed by atoms with Gasteiger partial charge in [0.25, 0.3) is 0 Å². The summed E-state index contributed by atoms with van der Waals surface area (Å²) in [6.07, 6.45) is 6.02. The van der Waals surface area contributed by atoms with Crippen LogP contribution in [-0.2, 0) is 16.6 Å². The van der Waals surface area contributed by atoms with Crippen LogP contribution in [0.1, 0.15) is 18.9 Å². The SMILES string of the molecule is C#CCN(C)S(=O)(=O)c1cc(Br)cc(CNCCC)c1F. The highest BCUT2D eigenvalue weighted by Gasteiger charge is 2.26. The Hall–Kier alpha value is -0.940. The third kappa shape index (κ3) is 4.51. The molecule has 0 amide bonds. The van der Waals surface area contributed by atoms with Crippen LogP contribution in [0.15, 0.2) is 21.5 Å². The summed E-state index contributed by atoms with van der Waals surface area (Å²) in [4.78, 5) is -0.372. The monoisotopic (exact) mass is 376 g/mol. The van der Waals surface area contributed by atoms with Crippen molar-refractivity contribution in [1.29, 1.82) is 0 Å². The number of nitrogens with zero attached hydrogens (tertiary/aromatic N) is 1. The van der Waals surface area contributed by atoms with Gasteiger partial charge in [-0.15, -0.1) is 6.42 Å². The Morgan fingerprint density at radius 3 is 2.71 bits per heavy atom. The molecule has 1 rings (SSSR count). The Morgan fingerprint density at radius 1 is 1.48 bits per heavy atom. The second-order valence-electron chi connectivity index (χ2n) is 4.52. The molecule has 1 N–H and O–H groups in total. The van der Waals surface area contributed by atoms with Gasteiger partial charge < -0.3 is 5.32 Å². The van der Waals surface area contributed by atoms with Crippen LogP contribution in [0.4, 0.5) is 4.39 Å². The largest absolute Gasteiger partial charge is 0.313 e. The summed E-state index contributed by atoms with van der Waals surface area (Å²) in [5.74, 6) is 1.49. The quantitative estimate of drug-likeness (QED) is 0.586. The molecule has 0 aromatic heterocycles. The summed E-state index contributed by atoms with van der Waals surface area (Å²) in [6.45, 7) is 2.87. The van der Waals surface area contributed by atoms with E-state index in [0.29, 0.717) is 10.0 Å². The van der Waals surface area contributed by atoms with E-state index < -0.39 is 15.8 Å². The lowest BCUT2D eigenvalue weighted by atomic mass is 10.2. The number of benzene rings is 1. The summed E-state index contributed by atoms with van der Waals surface area (Å²) in [7, 11) is -2.63. The van der Waals surface area contributed by atoms with Crippen LogP contribution in [0.5, 0.6) is 0 Å². The van der Waals surface area contributed by atoms with Crippen molar-refractivity contribution >= 4 is 26.0 Å². The second-order valence-corrected chi connectivity index (χ2v) is 7.45. The number of rotatable bonds is 7. The summed E-state index contributed by atoms with van der Waals surface area (Å²) >= 11 is 3.22. The van der Waals surface area contributed by atoms with Crippen molar-refractivity contribution < 1.29 is 12.8 Å². The van der Waals surface area contributed by atoms with Crippen LogP contribution < -0.4 is 5.32 Å². The number of nitrogens with one attached hydrogen (secondary N) is 1. The van der Waals surface area contributed by atoms with Gasteiger partial charge in [0, 0.05) is 23.6 Å². The Balaban J connectivity index is 3.22. The molecule has 0 unspecified atom stereocenters. The van der Waals surface area contributed by atoms with Crippen LogP contribution in [0.3, 0.4) is 0 Å². The molecule has 4 nitrogen and oxygen atoms in total. The normalized spacial score (nSPS) is 11.6. The van der Waals surface area contributed by atoms with Crippen molar-refractivity contribution in [3.63, 3.8) is 0 Å². The van der Waals surface area contributed by atoms with Crippen LogP contribution in [0, 0.1) is 18.2 Å². The molecule has 7 heteroatoms. The zero-order valence-corrected chi connectivity index (χ0v) is 14.4. The molecular formula is C14H18BrFN2O2S. The van der Waals surface area contributed by atoms with Crippen molar-refractivity contribution in [3.05, 3.63) is 28.0 Å². The predicted molar refractivity (Wildman–Crippen MR) is 84.7 cm³/mol. The number of terminal acetylenes is 1. The van der Waals surface area contributed by atoms with Crippen LogP contribution in [0.25, 0.3) is 0 Å². The number of halogens is 2. The lowest BCUT2D eigenvalue weighted by Gasteiger charge is -2.17. The van der Waals surface area contributed by atoms with E-state index in [0.717, 1.165) is 17.3 Å². The number of sulfonamides is 1. The van der Waals surface area contributed by atoms with Crippen LogP contribution >= 0.6 is 15.9 Å². The molecular weight excluding hydrogens is 359 g/mol. The highest BCUT2D eigenvalue weighted by atomic mass is 79.9. The van der Waals surface area contributed by atoms with Gasteiger partial charge in [-0.2, -0.15) is 4.31 Å².